The molecule has 1 aromatic heterocycles. The number of amides is 1. The van der Waals surface area contributed by atoms with Crippen LogP contribution in [0.25, 0.3) is 10.1 Å². The van der Waals surface area contributed by atoms with Crippen molar-refractivity contribution in [1.29, 1.82) is 0 Å². The SMILES string of the molecule is CCCCCCCC(=O)Nc1sc2ccccc2c1C(=O)OCC. The Hall–Kier alpha value is -1.88. The number of benzene rings is 1. The van der Waals surface area contributed by atoms with Gasteiger partial charge in [-0.2, -0.15) is 0 Å². The zero-order valence-corrected chi connectivity index (χ0v) is 15.2. The Labute approximate surface area is 147 Å². The number of fused-ring (bicyclic) bond motifs is 1. The predicted octanol–water partition coefficient (Wildman–Crippen LogP) is 5.38. The first-order valence-electron chi connectivity index (χ1n) is 8.65. The molecule has 0 aliphatic heterocycles. The molecule has 1 aromatic carbocycles. The number of hydrogen-bond donors (Lipinski definition) is 1. The maximum atomic E-state index is 12.3. The highest BCUT2D eigenvalue weighted by atomic mass is 32.1. The molecule has 1 N–H and O–H groups in total. The van der Waals surface area contributed by atoms with Crippen LogP contribution in [0, 0.1) is 0 Å². The Morgan fingerprint density at radius 3 is 2.58 bits per heavy atom. The molecular formula is C19H25NO3S. The third-order valence-electron chi connectivity index (χ3n) is 3.84. The summed E-state index contributed by atoms with van der Waals surface area (Å²) in [7, 11) is 0. The standard InChI is InChI=1S/C19H25NO3S/c1-3-5-6-7-8-13-16(21)20-18-17(19(22)23-4-2)14-11-9-10-12-15(14)24-18/h9-12H,3-8,13H2,1-2H3,(H,20,21). The summed E-state index contributed by atoms with van der Waals surface area (Å²) in [5, 5.41) is 4.33. The van der Waals surface area contributed by atoms with Gasteiger partial charge in [-0.05, 0) is 19.4 Å². The Morgan fingerprint density at radius 2 is 1.83 bits per heavy atom. The zero-order valence-electron chi connectivity index (χ0n) is 14.4. The monoisotopic (exact) mass is 347 g/mol. The van der Waals surface area contributed by atoms with Gasteiger partial charge in [0.2, 0.25) is 5.91 Å². The van der Waals surface area contributed by atoms with Crippen molar-refractivity contribution in [1.82, 2.24) is 0 Å². The van der Waals surface area contributed by atoms with E-state index in [9.17, 15) is 9.59 Å². The van der Waals surface area contributed by atoms with Crippen LogP contribution in [0.15, 0.2) is 24.3 Å². The number of unbranched alkanes of at least 4 members (excludes halogenated alkanes) is 4. The van der Waals surface area contributed by atoms with Gasteiger partial charge in [-0.1, -0.05) is 50.8 Å². The second-order valence-corrected chi connectivity index (χ2v) is 6.79. The zero-order chi connectivity index (χ0) is 17.4. The van der Waals surface area contributed by atoms with E-state index in [-0.39, 0.29) is 11.9 Å². The van der Waals surface area contributed by atoms with E-state index >= 15 is 0 Å². The molecule has 130 valence electrons. The number of rotatable bonds is 9. The molecule has 2 rings (SSSR count). The first-order valence-corrected chi connectivity index (χ1v) is 9.47. The van der Waals surface area contributed by atoms with E-state index in [1.165, 1.54) is 30.6 Å². The Bertz CT molecular complexity index is 693. The molecule has 0 spiro atoms. The molecule has 2 aromatic rings. The molecule has 4 nitrogen and oxygen atoms in total. The summed E-state index contributed by atoms with van der Waals surface area (Å²) >= 11 is 1.42. The number of hydrogen-bond acceptors (Lipinski definition) is 4. The van der Waals surface area contributed by atoms with Crippen LogP contribution in [0.1, 0.15) is 62.7 Å². The molecule has 24 heavy (non-hydrogen) atoms. The van der Waals surface area contributed by atoms with Gasteiger partial charge in [0.25, 0.3) is 0 Å². The highest BCUT2D eigenvalue weighted by molar-refractivity contribution is 7.23. The lowest BCUT2D eigenvalue weighted by molar-refractivity contribution is -0.116. The molecule has 5 heteroatoms. The molecule has 0 aliphatic rings. The normalized spacial score (nSPS) is 10.8. The van der Waals surface area contributed by atoms with Crippen molar-refractivity contribution in [3.05, 3.63) is 29.8 Å². The van der Waals surface area contributed by atoms with Crippen LogP contribution in [-0.2, 0) is 9.53 Å². The molecule has 1 heterocycles. The van der Waals surface area contributed by atoms with Gasteiger partial charge in [0.05, 0.1) is 6.61 Å². The average molecular weight is 347 g/mol. The molecule has 0 radical (unpaired) electrons. The third kappa shape index (κ3) is 4.81. The maximum Gasteiger partial charge on any atom is 0.341 e. The van der Waals surface area contributed by atoms with E-state index in [0.29, 0.717) is 23.6 Å². The van der Waals surface area contributed by atoms with Gasteiger partial charge in [0.15, 0.2) is 0 Å². The number of carbonyl (C=O) groups excluding carboxylic acids is 2. The van der Waals surface area contributed by atoms with Gasteiger partial charge in [-0.15, -0.1) is 11.3 Å². The number of esters is 1. The van der Waals surface area contributed by atoms with Gasteiger partial charge in [-0.25, -0.2) is 4.79 Å². The summed E-state index contributed by atoms with van der Waals surface area (Å²) in [6, 6.07) is 7.64. The second-order valence-electron chi connectivity index (χ2n) is 5.74. The lowest BCUT2D eigenvalue weighted by Crippen LogP contribution is -2.14. The first kappa shape index (κ1) is 18.5. The average Bonchev–Trinajstić information content (AvgIpc) is 2.92. The lowest BCUT2D eigenvalue weighted by atomic mass is 10.1. The summed E-state index contributed by atoms with van der Waals surface area (Å²) in [4.78, 5) is 24.5. The van der Waals surface area contributed by atoms with Crippen LogP contribution in [0.3, 0.4) is 0 Å². The first-order chi connectivity index (χ1) is 11.7. The summed E-state index contributed by atoms with van der Waals surface area (Å²) in [5.74, 6) is -0.420. The molecule has 0 atom stereocenters. The number of carbonyl (C=O) groups is 2. The van der Waals surface area contributed by atoms with E-state index in [1.807, 2.05) is 24.3 Å². The van der Waals surface area contributed by atoms with E-state index < -0.39 is 0 Å². The topological polar surface area (TPSA) is 55.4 Å². The molecule has 1 amide bonds. The Balaban J connectivity index is 2.08. The van der Waals surface area contributed by atoms with Crippen LogP contribution in [-0.4, -0.2) is 18.5 Å². The summed E-state index contributed by atoms with van der Waals surface area (Å²) in [5.41, 5.74) is 0.469. The number of thiophene rings is 1. The second kappa shape index (κ2) is 9.42. The van der Waals surface area contributed by atoms with Crippen molar-refractivity contribution >= 4 is 38.3 Å². The van der Waals surface area contributed by atoms with Crippen molar-refractivity contribution in [3.63, 3.8) is 0 Å². The molecule has 0 bridgehead atoms. The van der Waals surface area contributed by atoms with Crippen LogP contribution in [0.5, 0.6) is 0 Å². The van der Waals surface area contributed by atoms with Crippen LogP contribution >= 0.6 is 11.3 Å². The van der Waals surface area contributed by atoms with Crippen molar-refractivity contribution < 1.29 is 14.3 Å². The fourth-order valence-electron chi connectivity index (χ4n) is 2.62. The maximum absolute atomic E-state index is 12.3. The molecule has 0 saturated carbocycles. The third-order valence-corrected chi connectivity index (χ3v) is 4.92. The summed E-state index contributed by atoms with van der Waals surface area (Å²) in [6.07, 6.45) is 6.01. The number of anilines is 1. The quantitative estimate of drug-likeness (QED) is 0.489. The van der Waals surface area contributed by atoms with Crippen LogP contribution in [0.4, 0.5) is 5.00 Å². The minimum atomic E-state index is -0.381. The molecule has 0 saturated heterocycles. The van der Waals surface area contributed by atoms with Gasteiger partial charge in [-0.3, -0.25) is 4.79 Å². The Morgan fingerprint density at radius 1 is 1.08 bits per heavy atom. The van der Waals surface area contributed by atoms with Gasteiger partial charge < -0.3 is 10.1 Å². The van der Waals surface area contributed by atoms with Crippen molar-refractivity contribution in [2.24, 2.45) is 0 Å². The van der Waals surface area contributed by atoms with Gasteiger partial charge in [0.1, 0.15) is 10.6 Å². The molecule has 0 fully saturated rings. The van der Waals surface area contributed by atoms with E-state index in [0.717, 1.165) is 22.9 Å². The minimum absolute atomic E-state index is 0.0383. The molecule has 0 aliphatic carbocycles. The highest BCUT2D eigenvalue weighted by Crippen LogP contribution is 2.36. The van der Waals surface area contributed by atoms with Crippen molar-refractivity contribution in [2.75, 3.05) is 11.9 Å². The fraction of sp³-hybridized carbons (Fsp3) is 0.474. The van der Waals surface area contributed by atoms with Crippen LogP contribution in [0.2, 0.25) is 0 Å². The predicted molar refractivity (Wildman–Crippen MR) is 99.8 cm³/mol. The van der Waals surface area contributed by atoms with Crippen molar-refractivity contribution in [2.45, 2.75) is 52.4 Å². The largest absolute Gasteiger partial charge is 0.462 e. The summed E-state index contributed by atoms with van der Waals surface area (Å²) < 4.78 is 6.13. The van der Waals surface area contributed by atoms with Crippen LogP contribution < -0.4 is 5.32 Å². The lowest BCUT2D eigenvalue weighted by Gasteiger charge is -2.06. The smallest absolute Gasteiger partial charge is 0.341 e. The Kier molecular flexibility index (Phi) is 7.25. The fourth-order valence-corrected chi connectivity index (χ4v) is 3.72. The summed E-state index contributed by atoms with van der Waals surface area (Å²) in [6.45, 7) is 4.26. The van der Waals surface area contributed by atoms with E-state index in [4.69, 9.17) is 4.74 Å². The van der Waals surface area contributed by atoms with Crippen molar-refractivity contribution in [3.8, 4) is 0 Å². The van der Waals surface area contributed by atoms with E-state index in [1.54, 1.807) is 6.92 Å². The highest BCUT2D eigenvalue weighted by Gasteiger charge is 2.21. The number of ether oxygens (including phenoxy) is 1. The van der Waals surface area contributed by atoms with Gasteiger partial charge in [0, 0.05) is 16.5 Å². The minimum Gasteiger partial charge on any atom is -0.462 e. The van der Waals surface area contributed by atoms with Gasteiger partial charge >= 0.3 is 5.97 Å². The molecule has 0 unspecified atom stereocenters. The number of nitrogens with one attached hydrogen (secondary N) is 1. The molecular weight excluding hydrogens is 322 g/mol. The van der Waals surface area contributed by atoms with E-state index in [2.05, 4.69) is 12.2 Å².